The summed E-state index contributed by atoms with van der Waals surface area (Å²) in [4.78, 5) is 16.1. The minimum Gasteiger partial charge on any atom is -0.398 e. The fourth-order valence-electron chi connectivity index (χ4n) is 1.74. The summed E-state index contributed by atoms with van der Waals surface area (Å²) in [5, 5.41) is 5.61. The number of thiazole rings is 1. The average Bonchev–Trinajstić information content (AvgIpc) is 2.76. The maximum absolute atomic E-state index is 11.7. The second-order valence-corrected chi connectivity index (χ2v) is 5.49. The van der Waals surface area contributed by atoms with E-state index in [1.165, 1.54) is 11.3 Å². The van der Waals surface area contributed by atoms with Crippen molar-refractivity contribution in [2.75, 3.05) is 5.73 Å². The quantitative estimate of drug-likeness (QED) is 0.842. The lowest BCUT2D eigenvalue weighted by atomic mass is 10.2. The van der Waals surface area contributed by atoms with Gasteiger partial charge in [0.25, 0.3) is 0 Å². The van der Waals surface area contributed by atoms with Crippen molar-refractivity contribution in [2.45, 2.75) is 26.3 Å². The molecular formula is C14H17N3OS. The van der Waals surface area contributed by atoms with Gasteiger partial charge in [-0.05, 0) is 26.0 Å². The van der Waals surface area contributed by atoms with Gasteiger partial charge in [-0.15, -0.1) is 11.3 Å². The van der Waals surface area contributed by atoms with Crippen LogP contribution in [0.15, 0.2) is 29.6 Å². The molecule has 2 rings (SSSR count). The van der Waals surface area contributed by atoms with Crippen LogP contribution in [-0.4, -0.2) is 16.9 Å². The number of rotatable bonds is 4. The van der Waals surface area contributed by atoms with Crippen LogP contribution in [0.2, 0.25) is 0 Å². The summed E-state index contributed by atoms with van der Waals surface area (Å²) < 4.78 is 0. The molecule has 4 nitrogen and oxygen atoms in total. The molecule has 2 aromatic rings. The summed E-state index contributed by atoms with van der Waals surface area (Å²) in [5.74, 6) is -0.00659. The van der Waals surface area contributed by atoms with Gasteiger partial charge in [-0.1, -0.05) is 12.1 Å². The number of aromatic nitrogens is 1. The second-order valence-electron chi connectivity index (χ2n) is 4.63. The van der Waals surface area contributed by atoms with Gasteiger partial charge in [0.2, 0.25) is 5.91 Å². The first kappa shape index (κ1) is 13.5. The molecule has 0 aliphatic heterocycles. The molecule has 0 saturated carbocycles. The van der Waals surface area contributed by atoms with Gasteiger partial charge in [0.15, 0.2) is 0 Å². The predicted molar refractivity (Wildman–Crippen MR) is 78.9 cm³/mol. The molecule has 100 valence electrons. The third kappa shape index (κ3) is 3.54. The van der Waals surface area contributed by atoms with E-state index >= 15 is 0 Å². The Hall–Kier alpha value is -1.88. The van der Waals surface area contributed by atoms with Gasteiger partial charge < -0.3 is 11.1 Å². The number of carbonyl (C=O) groups is 1. The minimum absolute atomic E-state index is 0.00659. The number of carbonyl (C=O) groups excluding carboxylic acids is 1. The summed E-state index contributed by atoms with van der Waals surface area (Å²) >= 11 is 1.51. The van der Waals surface area contributed by atoms with Gasteiger partial charge in [-0.3, -0.25) is 4.79 Å². The van der Waals surface area contributed by atoms with Crippen LogP contribution >= 0.6 is 11.3 Å². The predicted octanol–water partition coefficient (Wildman–Crippen LogP) is 2.46. The van der Waals surface area contributed by atoms with Crippen molar-refractivity contribution < 1.29 is 4.79 Å². The maximum Gasteiger partial charge on any atom is 0.226 e. The maximum atomic E-state index is 11.7. The number of nitrogen functional groups attached to an aromatic ring is 1. The highest BCUT2D eigenvalue weighted by Gasteiger charge is 2.11. The third-order valence-corrected chi connectivity index (χ3v) is 3.46. The van der Waals surface area contributed by atoms with Crippen molar-refractivity contribution >= 4 is 22.9 Å². The second kappa shape index (κ2) is 5.84. The number of nitrogens with zero attached hydrogens (tertiary/aromatic N) is 1. The molecule has 0 saturated heterocycles. The third-order valence-electron chi connectivity index (χ3n) is 2.53. The molecule has 19 heavy (non-hydrogen) atoms. The van der Waals surface area contributed by atoms with E-state index in [0.29, 0.717) is 12.1 Å². The van der Waals surface area contributed by atoms with E-state index in [1.807, 2.05) is 43.5 Å². The lowest BCUT2D eigenvalue weighted by Gasteiger charge is -2.06. The van der Waals surface area contributed by atoms with Crippen molar-refractivity contribution in [3.8, 4) is 10.6 Å². The van der Waals surface area contributed by atoms with Crippen LogP contribution in [0.25, 0.3) is 10.6 Å². The van der Waals surface area contributed by atoms with Crippen LogP contribution in [0.3, 0.4) is 0 Å². The Labute approximate surface area is 116 Å². The highest BCUT2D eigenvalue weighted by molar-refractivity contribution is 7.13. The molecule has 3 N–H and O–H groups in total. The molecule has 0 spiro atoms. The van der Waals surface area contributed by atoms with E-state index in [4.69, 9.17) is 5.73 Å². The summed E-state index contributed by atoms with van der Waals surface area (Å²) in [6.45, 7) is 3.88. The van der Waals surface area contributed by atoms with Crippen LogP contribution in [0.5, 0.6) is 0 Å². The van der Waals surface area contributed by atoms with Crippen molar-refractivity contribution in [1.82, 2.24) is 10.3 Å². The molecular weight excluding hydrogens is 258 g/mol. The minimum atomic E-state index is -0.00659. The molecule has 1 aromatic heterocycles. The summed E-state index contributed by atoms with van der Waals surface area (Å²) in [7, 11) is 0. The summed E-state index contributed by atoms with van der Waals surface area (Å²) in [6, 6.07) is 7.76. The van der Waals surface area contributed by atoms with E-state index < -0.39 is 0 Å². The Balaban J connectivity index is 2.12. The van der Waals surface area contributed by atoms with Gasteiger partial charge in [-0.25, -0.2) is 4.98 Å². The molecule has 0 radical (unpaired) electrons. The lowest BCUT2D eigenvalue weighted by Crippen LogP contribution is -2.31. The van der Waals surface area contributed by atoms with Crippen molar-refractivity contribution in [2.24, 2.45) is 0 Å². The zero-order valence-electron chi connectivity index (χ0n) is 11.0. The first-order chi connectivity index (χ1) is 9.06. The van der Waals surface area contributed by atoms with Crippen molar-refractivity contribution in [3.05, 3.63) is 35.3 Å². The Morgan fingerprint density at radius 1 is 1.42 bits per heavy atom. The highest BCUT2D eigenvalue weighted by Crippen LogP contribution is 2.28. The van der Waals surface area contributed by atoms with Gasteiger partial charge in [0, 0.05) is 22.7 Å². The molecule has 0 aliphatic rings. The van der Waals surface area contributed by atoms with Gasteiger partial charge in [0.1, 0.15) is 5.01 Å². The molecule has 0 bridgehead atoms. The first-order valence-electron chi connectivity index (χ1n) is 6.15. The fourth-order valence-corrected chi connectivity index (χ4v) is 2.61. The molecule has 5 heteroatoms. The first-order valence-corrected chi connectivity index (χ1v) is 7.03. The average molecular weight is 275 g/mol. The van der Waals surface area contributed by atoms with Crippen molar-refractivity contribution in [1.29, 1.82) is 0 Å². The largest absolute Gasteiger partial charge is 0.398 e. The molecule has 0 fully saturated rings. The van der Waals surface area contributed by atoms with Gasteiger partial charge in [0.05, 0.1) is 12.1 Å². The Morgan fingerprint density at radius 3 is 2.84 bits per heavy atom. The van der Waals surface area contributed by atoms with Crippen LogP contribution in [0.4, 0.5) is 5.69 Å². The summed E-state index contributed by atoms with van der Waals surface area (Å²) in [6.07, 6.45) is 0.307. The fraction of sp³-hybridized carbons (Fsp3) is 0.286. The molecule has 0 aliphatic carbocycles. The lowest BCUT2D eigenvalue weighted by molar-refractivity contribution is -0.120. The van der Waals surface area contributed by atoms with Crippen LogP contribution in [-0.2, 0) is 11.2 Å². The van der Waals surface area contributed by atoms with Crippen LogP contribution in [0, 0.1) is 0 Å². The normalized spacial score (nSPS) is 10.7. The monoisotopic (exact) mass is 275 g/mol. The molecule has 1 aromatic carbocycles. The molecule has 0 atom stereocenters. The summed E-state index contributed by atoms with van der Waals surface area (Å²) in [5.41, 5.74) is 8.32. The van der Waals surface area contributed by atoms with E-state index in [1.54, 1.807) is 0 Å². The van der Waals surface area contributed by atoms with E-state index in [-0.39, 0.29) is 11.9 Å². The molecule has 1 amide bonds. The van der Waals surface area contributed by atoms with Gasteiger partial charge in [-0.2, -0.15) is 0 Å². The van der Waals surface area contributed by atoms with E-state index in [9.17, 15) is 4.79 Å². The van der Waals surface area contributed by atoms with Gasteiger partial charge >= 0.3 is 0 Å². The van der Waals surface area contributed by atoms with Crippen molar-refractivity contribution in [3.63, 3.8) is 0 Å². The smallest absolute Gasteiger partial charge is 0.226 e. The van der Waals surface area contributed by atoms with Crippen LogP contribution < -0.4 is 11.1 Å². The number of hydrogen-bond acceptors (Lipinski definition) is 4. The number of nitrogens with one attached hydrogen (secondary N) is 1. The number of nitrogens with two attached hydrogens (primary N) is 1. The highest BCUT2D eigenvalue weighted by atomic mass is 32.1. The number of anilines is 1. The van der Waals surface area contributed by atoms with E-state index in [2.05, 4.69) is 10.3 Å². The Bertz CT molecular complexity index is 578. The SMILES string of the molecule is CC(C)NC(=O)Cc1csc(-c2ccccc2N)n1. The zero-order chi connectivity index (χ0) is 13.8. The Kier molecular flexibility index (Phi) is 4.16. The Morgan fingerprint density at radius 2 is 2.16 bits per heavy atom. The number of hydrogen-bond donors (Lipinski definition) is 2. The number of para-hydroxylation sites is 1. The molecule has 0 unspecified atom stereocenters. The standard InChI is InChI=1S/C14H17N3OS/c1-9(2)16-13(18)7-10-8-19-14(17-10)11-5-3-4-6-12(11)15/h3-6,8-9H,7,15H2,1-2H3,(H,16,18). The number of benzene rings is 1. The van der Waals surface area contributed by atoms with Crippen LogP contribution in [0.1, 0.15) is 19.5 Å². The zero-order valence-corrected chi connectivity index (χ0v) is 11.8. The number of amides is 1. The van der Waals surface area contributed by atoms with E-state index in [0.717, 1.165) is 16.3 Å². The molecule has 1 heterocycles. The topological polar surface area (TPSA) is 68.0 Å².